The van der Waals surface area contributed by atoms with Crippen LogP contribution in [0.1, 0.15) is 36.3 Å². The Morgan fingerprint density at radius 3 is 2.45 bits per heavy atom. The van der Waals surface area contributed by atoms with Gasteiger partial charge in [0.25, 0.3) is 0 Å². The lowest BCUT2D eigenvalue weighted by molar-refractivity contribution is -0.124. The van der Waals surface area contributed by atoms with Crippen LogP contribution in [-0.4, -0.2) is 19.1 Å². The van der Waals surface area contributed by atoms with Gasteiger partial charge in [0, 0.05) is 12.5 Å². The Kier molecular flexibility index (Phi) is 4.42. The first kappa shape index (κ1) is 14.6. The molecule has 0 spiro atoms. The summed E-state index contributed by atoms with van der Waals surface area (Å²) in [5.41, 5.74) is 2.28. The number of carbonyl (C=O) groups is 1. The Morgan fingerprint density at radius 1 is 1.05 bits per heavy atom. The first-order valence-electron chi connectivity index (χ1n) is 7.85. The second kappa shape index (κ2) is 6.65. The fraction of sp³-hybridized carbons (Fsp3) is 0.316. The van der Waals surface area contributed by atoms with Crippen LogP contribution in [0.15, 0.2) is 54.6 Å². The summed E-state index contributed by atoms with van der Waals surface area (Å²) in [4.78, 5) is 12.4. The smallest absolute Gasteiger partial charge is 0.228 e. The predicted molar refractivity (Wildman–Crippen MR) is 87.2 cm³/mol. The molecule has 2 atom stereocenters. The van der Waals surface area contributed by atoms with E-state index in [0.717, 1.165) is 24.3 Å². The molecule has 1 aliphatic heterocycles. The minimum atomic E-state index is -0.118. The highest BCUT2D eigenvalue weighted by atomic mass is 16.5. The van der Waals surface area contributed by atoms with E-state index in [2.05, 4.69) is 17.4 Å². The average Bonchev–Trinajstić information content (AvgIpc) is 2.56. The van der Waals surface area contributed by atoms with E-state index in [4.69, 9.17) is 4.74 Å². The summed E-state index contributed by atoms with van der Waals surface area (Å²) in [7, 11) is 0. The summed E-state index contributed by atoms with van der Waals surface area (Å²) in [5.74, 6) is 1.10. The van der Waals surface area contributed by atoms with Gasteiger partial charge in [0.2, 0.25) is 5.91 Å². The van der Waals surface area contributed by atoms with Gasteiger partial charge in [-0.2, -0.15) is 0 Å². The van der Waals surface area contributed by atoms with Crippen LogP contribution < -0.4 is 10.1 Å². The first-order chi connectivity index (χ1) is 10.8. The van der Waals surface area contributed by atoms with E-state index in [1.165, 1.54) is 5.56 Å². The number of piperidine rings is 1. The highest BCUT2D eigenvalue weighted by Crippen LogP contribution is 2.38. The van der Waals surface area contributed by atoms with Crippen molar-refractivity contribution in [2.24, 2.45) is 0 Å². The quantitative estimate of drug-likeness (QED) is 0.938. The van der Waals surface area contributed by atoms with Crippen LogP contribution in [0, 0.1) is 0 Å². The van der Waals surface area contributed by atoms with E-state index in [9.17, 15) is 4.79 Å². The maximum Gasteiger partial charge on any atom is 0.228 e. The maximum absolute atomic E-state index is 12.4. The zero-order chi connectivity index (χ0) is 15.4. The molecule has 1 amide bonds. The second-order valence-electron chi connectivity index (χ2n) is 5.58. The Labute approximate surface area is 131 Å². The Morgan fingerprint density at radius 2 is 1.77 bits per heavy atom. The number of hydrogen-bond acceptors (Lipinski definition) is 2. The topological polar surface area (TPSA) is 38.3 Å². The fourth-order valence-corrected chi connectivity index (χ4v) is 3.19. The van der Waals surface area contributed by atoms with Crippen LogP contribution >= 0.6 is 0 Å². The van der Waals surface area contributed by atoms with Gasteiger partial charge in [0.1, 0.15) is 5.75 Å². The highest BCUT2D eigenvalue weighted by molar-refractivity contribution is 5.85. The van der Waals surface area contributed by atoms with Gasteiger partial charge < -0.3 is 10.1 Å². The van der Waals surface area contributed by atoms with Gasteiger partial charge in [-0.15, -0.1) is 0 Å². The van der Waals surface area contributed by atoms with Crippen LogP contribution in [0.3, 0.4) is 0 Å². The summed E-state index contributed by atoms with van der Waals surface area (Å²) >= 11 is 0. The lowest BCUT2D eigenvalue weighted by Gasteiger charge is -2.32. The van der Waals surface area contributed by atoms with Crippen molar-refractivity contribution in [1.29, 1.82) is 0 Å². The van der Waals surface area contributed by atoms with E-state index in [-0.39, 0.29) is 17.7 Å². The number of benzene rings is 2. The molecule has 22 heavy (non-hydrogen) atoms. The van der Waals surface area contributed by atoms with E-state index >= 15 is 0 Å². The van der Waals surface area contributed by atoms with E-state index < -0.39 is 0 Å². The molecule has 1 N–H and O–H groups in total. The number of rotatable bonds is 4. The molecule has 114 valence electrons. The molecule has 1 aliphatic rings. The van der Waals surface area contributed by atoms with Gasteiger partial charge >= 0.3 is 0 Å². The molecule has 0 radical (unpaired) electrons. The van der Waals surface area contributed by atoms with Crippen molar-refractivity contribution in [2.75, 3.05) is 13.2 Å². The molecule has 3 nitrogen and oxygen atoms in total. The highest BCUT2D eigenvalue weighted by Gasteiger charge is 2.34. The standard InChI is InChI=1S/C19H21NO2/c1-2-22-16-10-8-14(9-11-16)17-12-13-20-19(21)18(17)15-6-4-3-5-7-15/h3-11,17-18H,2,12-13H2,1H3,(H,20,21). The Balaban J connectivity index is 1.90. The maximum atomic E-state index is 12.4. The monoisotopic (exact) mass is 295 g/mol. The van der Waals surface area contributed by atoms with Crippen molar-refractivity contribution in [2.45, 2.75) is 25.2 Å². The van der Waals surface area contributed by atoms with Gasteiger partial charge in [-0.3, -0.25) is 4.79 Å². The van der Waals surface area contributed by atoms with Crippen molar-refractivity contribution < 1.29 is 9.53 Å². The fourth-order valence-electron chi connectivity index (χ4n) is 3.19. The van der Waals surface area contributed by atoms with Crippen LogP contribution in [0.2, 0.25) is 0 Å². The molecular formula is C19H21NO2. The molecule has 3 heteroatoms. The van der Waals surface area contributed by atoms with Crippen molar-refractivity contribution in [3.8, 4) is 5.75 Å². The molecule has 0 saturated carbocycles. The number of ether oxygens (including phenoxy) is 1. The zero-order valence-electron chi connectivity index (χ0n) is 12.8. The lowest BCUT2D eigenvalue weighted by Crippen LogP contribution is -2.39. The normalized spacial score (nSPS) is 21.2. The second-order valence-corrected chi connectivity index (χ2v) is 5.58. The third-order valence-corrected chi connectivity index (χ3v) is 4.22. The molecule has 2 unspecified atom stereocenters. The molecule has 2 aromatic rings. The van der Waals surface area contributed by atoms with Gasteiger partial charge in [0.05, 0.1) is 12.5 Å². The minimum absolute atomic E-state index is 0.118. The van der Waals surface area contributed by atoms with E-state index in [1.807, 2.05) is 49.4 Å². The van der Waals surface area contributed by atoms with Crippen molar-refractivity contribution in [3.63, 3.8) is 0 Å². The van der Waals surface area contributed by atoms with Gasteiger partial charge in [-0.05, 0) is 36.6 Å². The van der Waals surface area contributed by atoms with Gasteiger partial charge in [-0.25, -0.2) is 0 Å². The molecule has 0 aliphatic carbocycles. The molecular weight excluding hydrogens is 274 g/mol. The van der Waals surface area contributed by atoms with Gasteiger partial charge in [0.15, 0.2) is 0 Å². The number of carbonyl (C=O) groups excluding carboxylic acids is 1. The molecule has 3 rings (SSSR count). The molecule has 0 aromatic heterocycles. The van der Waals surface area contributed by atoms with Crippen molar-refractivity contribution in [1.82, 2.24) is 5.32 Å². The number of nitrogens with one attached hydrogen (secondary N) is 1. The Hall–Kier alpha value is -2.29. The largest absolute Gasteiger partial charge is 0.494 e. The summed E-state index contributed by atoms with van der Waals surface area (Å²) in [6, 6.07) is 18.2. The summed E-state index contributed by atoms with van der Waals surface area (Å²) in [5, 5.41) is 3.00. The molecule has 1 fully saturated rings. The lowest BCUT2D eigenvalue weighted by atomic mass is 9.77. The number of amides is 1. The third kappa shape index (κ3) is 2.98. The van der Waals surface area contributed by atoms with Crippen LogP contribution in [0.5, 0.6) is 5.75 Å². The average molecular weight is 295 g/mol. The molecule has 1 saturated heterocycles. The molecule has 2 aromatic carbocycles. The Bertz CT molecular complexity index is 622. The predicted octanol–water partition coefficient (Wildman–Crippen LogP) is 3.47. The molecule has 0 bridgehead atoms. The van der Waals surface area contributed by atoms with Crippen molar-refractivity contribution >= 4 is 5.91 Å². The van der Waals surface area contributed by atoms with Crippen LogP contribution in [0.4, 0.5) is 0 Å². The summed E-state index contributed by atoms with van der Waals surface area (Å²) < 4.78 is 5.50. The minimum Gasteiger partial charge on any atom is -0.494 e. The van der Waals surface area contributed by atoms with Gasteiger partial charge in [-0.1, -0.05) is 42.5 Å². The van der Waals surface area contributed by atoms with E-state index in [0.29, 0.717) is 6.61 Å². The van der Waals surface area contributed by atoms with Crippen molar-refractivity contribution in [3.05, 3.63) is 65.7 Å². The van der Waals surface area contributed by atoms with E-state index in [1.54, 1.807) is 0 Å². The van der Waals surface area contributed by atoms with Crippen LogP contribution in [-0.2, 0) is 4.79 Å². The van der Waals surface area contributed by atoms with Crippen LogP contribution in [0.25, 0.3) is 0 Å². The first-order valence-corrected chi connectivity index (χ1v) is 7.85. The number of hydrogen-bond donors (Lipinski definition) is 1. The zero-order valence-corrected chi connectivity index (χ0v) is 12.8. The third-order valence-electron chi connectivity index (χ3n) is 4.22. The summed E-state index contributed by atoms with van der Waals surface area (Å²) in [6.45, 7) is 3.38. The SMILES string of the molecule is CCOc1ccc(C2CCNC(=O)C2c2ccccc2)cc1. The molecule has 1 heterocycles. The summed E-state index contributed by atoms with van der Waals surface area (Å²) in [6.07, 6.45) is 0.958.